The van der Waals surface area contributed by atoms with E-state index in [-0.39, 0.29) is 5.60 Å². The summed E-state index contributed by atoms with van der Waals surface area (Å²) in [6, 6.07) is -2.29. The van der Waals surface area contributed by atoms with Gasteiger partial charge in [-0.05, 0) is 26.2 Å². The van der Waals surface area contributed by atoms with E-state index in [0.29, 0.717) is 0 Å². The molecule has 0 aromatic carbocycles. The molecule has 1 aliphatic carbocycles. The maximum atomic E-state index is 12.2. The van der Waals surface area contributed by atoms with Crippen LogP contribution in [0.15, 0.2) is 0 Å². The van der Waals surface area contributed by atoms with Gasteiger partial charge in [-0.25, -0.2) is 4.79 Å². The molecule has 1 fully saturated rings. The van der Waals surface area contributed by atoms with Gasteiger partial charge in [0.1, 0.15) is 0 Å². The first kappa shape index (κ1) is 23.4. The fourth-order valence-corrected chi connectivity index (χ4v) is 3.75. The topological polar surface area (TPSA) is 128 Å². The minimum atomic E-state index is -1.25. The summed E-state index contributed by atoms with van der Waals surface area (Å²) in [5.74, 6) is -2.54. The van der Waals surface area contributed by atoms with E-state index in [4.69, 9.17) is 20.3 Å². The molecular weight excluding hydrogens is 352 g/mol. The number of carboxylic acid groups (broad SMARTS) is 1. The number of nitrogens with two attached hydrogens (primary N) is 1. The Morgan fingerprint density at radius 2 is 1.78 bits per heavy atom. The van der Waals surface area contributed by atoms with Gasteiger partial charge in [-0.2, -0.15) is 0 Å². The van der Waals surface area contributed by atoms with Crippen molar-refractivity contribution in [2.45, 2.75) is 95.4 Å². The molecule has 8 nitrogen and oxygen atoms in total. The predicted molar refractivity (Wildman–Crippen MR) is 100 cm³/mol. The van der Waals surface area contributed by atoms with Crippen LogP contribution in [0.2, 0.25) is 0 Å². The lowest BCUT2D eigenvalue weighted by molar-refractivity contribution is -0.158. The number of amides is 1. The Bertz CT molecular complexity index is 502. The van der Waals surface area contributed by atoms with Crippen molar-refractivity contribution in [2.75, 3.05) is 7.11 Å². The molecule has 4 N–H and O–H groups in total. The number of aliphatic carboxylic acids is 1. The number of nitrogens with one attached hydrogen (secondary N) is 1. The summed E-state index contributed by atoms with van der Waals surface area (Å²) in [6.45, 7) is 3.83. The number of esters is 1. The number of carbonyl (C=O) groups is 3. The van der Waals surface area contributed by atoms with Crippen LogP contribution in [-0.4, -0.2) is 53.9 Å². The third-order valence-corrected chi connectivity index (χ3v) is 5.11. The molecule has 1 saturated carbocycles. The summed E-state index contributed by atoms with van der Waals surface area (Å²) in [4.78, 5) is 35.2. The number of rotatable bonds is 10. The van der Waals surface area contributed by atoms with Crippen LogP contribution in [0.25, 0.3) is 0 Å². The molecule has 156 valence electrons. The van der Waals surface area contributed by atoms with Crippen LogP contribution in [0.4, 0.5) is 0 Å². The van der Waals surface area contributed by atoms with E-state index in [1.807, 2.05) is 0 Å². The summed E-state index contributed by atoms with van der Waals surface area (Å²) in [5, 5.41) is 11.3. The summed E-state index contributed by atoms with van der Waals surface area (Å²) in [5.41, 5.74) is 5.29. The van der Waals surface area contributed by atoms with Crippen LogP contribution in [-0.2, 0) is 23.9 Å². The van der Waals surface area contributed by atoms with E-state index in [1.54, 1.807) is 6.92 Å². The standard InChI is InChI=1S/C19H34N2O6/c1-4-9-19(10-7-5-6-8-11-19)27-13(2)16(18(25)26-3)21-17(24)14(20)12-15(22)23/h13-14,16H,4-12,20H2,1-3H3,(H,21,24)(H,22,23)/t13-,14+,16+/m1/s1. The minimum absolute atomic E-state index is 0.315. The highest BCUT2D eigenvalue weighted by atomic mass is 16.5. The highest BCUT2D eigenvalue weighted by molar-refractivity contribution is 5.90. The zero-order valence-electron chi connectivity index (χ0n) is 16.7. The van der Waals surface area contributed by atoms with Gasteiger partial charge in [0.05, 0.1) is 31.3 Å². The number of carbonyl (C=O) groups excluding carboxylic acids is 2. The van der Waals surface area contributed by atoms with Gasteiger partial charge in [-0.1, -0.05) is 39.0 Å². The number of ether oxygens (including phenoxy) is 2. The zero-order chi connectivity index (χ0) is 20.4. The Kier molecular flexibility index (Phi) is 9.73. The van der Waals surface area contributed by atoms with Crippen LogP contribution in [0, 0.1) is 0 Å². The van der Waals surface area contributed by atoms with Crippen molar-refractivity contribution in [3.8, 4) is 0 Å². The Hall–Kier alpha value is -1.67. The summed E-state index contributed by atoms with van der Waals surface area (Å²) >= 11 is 0. The monoisotopic (exact) mass is 386 g/mol. The summed E-state index contributed by atoms with van der Waals surface area (Å²) in [7, 11) is 1.23. The Morgan fingerprint density at radius 3 is 2.26 bits per heavy atom. The molecular formula is C19H34N2O6. The third-order valence-electron chi connectivity index (χ3n) is 5.11. The molecule has 27 heavy (non-hydrogen) atoms. The maximum Gasteiger partial charge on any atom is 0.331 e. The van der Waals surface area contributed by atoms with Crippen LogP contribution < -0.4 is 11.1 Å². The highest BCUT2D eigenvalue weighted by Gasteiger charge is 2.38. The molecule has 1 rings (SSSR count). The molecule has 0 unspecified atom stereocenters. The van der Waals surface area contributed by atoms with E-state index >= 15 is 0 Å². The molecule has 3 atom stereocenters. The lowest BCUT2D eigenvalue weighted by atomic mass is 9.88. The second-order valence-corrected chi connectivity index (χ2v) is 7.38. The quantitative estimate of drug-likeness (QED) is 0.385. The first-order valence-corrected chi connectivity index (χ1v) is 9.78. The van der Waals surface area contributed by atoms with E-state index in [2.05, 4.69) is 12.2 Å². The normalized spacial score (nSPS) is 20.0. The van der Waals surface area contributed by atoms with Crippen LogP contribution in [0.5, 0.6) is 0 Å². The van der Waals surface area contributed by atoms with E-state index in [9.17, 15) is 14.4 Å². The second-order valence-electron chi connectivity index (χ2n) is 7.38. The molecule has 8 heteroatoms. The molecule has 0 spiro atoms. The average molecular weight is 386 g/mol. The molecule has 0 radical (unpaired) electrons. The van der Waals surface area contributed by atoms with Crippen molar-refractivity contribution in [1.82, 2.24) is 5.32 Å². The van der Waals surface area contributed by atoms with E-state index in [1.165, 1.54) is 20.0 Å². The molecule has 0 heterocycles. The van der Waals surface area contributed by atoms with Gasteiger partial charge in [0.25, 0.3) is 0 Å². The lowest BCUT2D eigenvalue weighted by Crippen LogP contribution is -2.55. The SMILES string of the molecule is CCCC1(O[C@H](C)[C@H](NC(=O)[C@@H](N)CC(=O)O)C(=O)OC)CCCCCC1. The van der Waals surface area contributed by atoms with Crippen LogP contribution >= 0.6 is 0 Å². The molecule has 1 amide bonds. The largest absolute Gasteiger partial charge is 0.481 e. The minimum Gasteiger partial charge on any atom is -0.481 e. The van der Waals surface area contributed by atoms with Gasteiger partial charge in [0, 0.05) is 0 Å². The molecule has 0 saturated heterocycles. The van der Waals surface area contributed by atoms with Gasteiger partial charge < -0.3 is 25.6 Å². The number of hydrogen-bond donors (Lipinski definition) is 3. The fourth-order valence-electron chi connectivity index (χ4n) is 3.75. The van der Waals surface area contributed by atoms with Crippen molar-refractivity contribution in [1.29, 1.82) is 0 Å². The maximum absolute atomic E-state index is 12.2. The first-order valence-electron chi connectivity index (χ1n) is 9.78. The molecule has 0 bridgehead atoms. The smallest absolute Gasteiger partial charge is 0.331 e. The van der Waals surface area contributed by atoms with Gasteiger partial charge in [-0.15, -0.1) is 0 Å². The van der Waals surface area contributed by atoms with Crippen molar-refractivity contribution in [3.63, 3.8) is 0 Å². The third kappa shape index (κ3) is 7.46. The number of methoxy groups -OCH3 is 1. The average Bonchev–Trinajstić information content (AvgIpc) is 2.83. The number of carboxylic acids is 1. The van der Waals surface area contributed by atoms with Crippen molar-refractivity contribution < 1.29 is 29.0 Å². The first-order chi connectivity index (χ1) is 12.7. The van der Waals surface area contributed by atoms with Crippen molar-refractivity contribution in [2.24, 2.45) is 5.73 Å². The van der Waals surface area contributed by atoms with Gasteiger partial charge >= 0.3 is 11.9 Å². The second kappa shape index (κ2) is 11.2. The van der Waals surface area contributed by atoms with Gasteiger partial charge in [-0.3, -0.25) is 9.59 Å². The van der Waals surface area contributed by atoms with Gasteiger partial charge in [0.15, 0.2) is 6.04 Å². The molecule has 0 aromatic heterocycles. The van der Waals surface area contributed by atoms with Crippen LogP contribution in [0.3, 0.4) is 0 Å². The fraction of sp³-hybridized carbons (Fsp3) is 0.842. The Balaban J connectivity index is 2.89. The Labute approximate surface area is 161 Å². The highest BCUT2D eigenvalue weighted by Crippen LogP contribution is 2.36. The zero-order valence-corrected chi connectivity index (χ0v) is 16.7. The van der Waals surface area contributed by atoms with E-state index in [0.717, 1.165) is 38.5 Å². The summed E-state index contributed by atoms with van der Waals surface area (Å²) < 4.78 is 11.2. The van der Waals surface area contributed by atoms with Gasteiger partial charge in [0.2, 0.25) is 5.91 Å². The van der Waals surface area contributed by atoms with Crippen LogP contribution in [0.1, 0.15) is 71.6 Å². The predicted octanol–water partition coefficient (Wildman–Crippen LogP) is 1.74. The molecule has 1 aliphatic rings. The van der Waals surface area contributed by atoms with Crippen molar-refractivity contribution >= 4 is 17.8 Å². The summed E-state index contributed by atoms with van der Waals surface area (Å²) in [6.07, 6.45) is 7.05. The van der Waals surface area contributed by atoms with E-state index < -0.39 is 42.5 Å². The number of hydrogen-bond acceptors (Lipinski definition) is 6. The molecule has 0 aromatic rings. The Morgan fingerprint density at radius 1 is 1.19 bits per heavy atom. The lowest BCUT2D eigenvalue weighted by Gasteiger charge is -2.38. The van der Waals surface area contributed by atoms with Crippen molar-refractivity contribution in [3.05, 3.63) is 0 Å². The molecule has 0 aliphatic heterocycles.